The Bertz CT molecular complexity index is 952. The van der Waals surface area contributed by atoms with Crippen LogP contribution in [0.3, 0.4) is 0 Å². The Morgan fingerprint density at radius 1 is 1.12 bits per heavy atom. The molecule has 4 nitrogen and oxygen atoms in total. The van der Waals surface area contributed by atoms with E-state index in [2.05, 4.69) is 5.32 Å². The number of nitriles is 2. The Hall–Kier alpha value is -3.29. The summed E-state index contributed by atoms with van der Waals surface area (Å²) < 4.78 is 38.3. The van der Waals surface area contributed by atoms with E-state index in [1.165, 1.54) is 30.3 Å². The number of carbonyl (C=O) groups excluding carboxylic acids is 1. The van der Waals surface area contributed by atoms with Crippen molar-refractivity contribution in [1.29, 1.82) is 10.5 Å². The highest BCUT2D eigenvalue weighted by molar-refractivity contribution is 6.34. The van der Waals surface area contributed by atoms with Crippen molar-refractivity contribution < 1.29 is 18.0 Å². The van der Waals surface area contributed by atoms with Gasteiger partial charge in [-0.1, -0.05) is 23.7 Å². The number of nitrogens with one attached hydrogen (secondary N) is 1. The summed E-state index contributed by atoms with van der Waals surface area (Å²) in [7, 11) is 0. The van der Waals surface area contributed by atoms with Crippen LogP contribution < -0.4 is 5.32 Å². The van der Waals surface area contributed by atoms with Gasteiger partial charge in [-0.2, -0.15) is 23.7 Å². The summed E-state index contributed by atoms with van der Waals surface area (Å²) >= 11 is 5.82. The zero-order chi connectivity index (χ0) is 19.3. The summed E-state index contributed by atoms with van der Waals surface area (Å²) in [5, 5.41) is 20.0. The quantitative estimate of drug-likeness (QED) is 0.619. The molecule has 8 heteroatoms. The summed E-state index contributed by atoms with van der Waals surface area (Å²) in [6, 6.07) is 12.2. The molecule has 0 heterocycles. The maximum absolute atomic E-state index is 12.8. The van der Waals surface area contributed by atoms with Crippen molar-refractivity contribution in [3.63, 3.8) is 0 Å². The lowest BCUT2D eigenvalue weighted by atomic mass is 10.1. The molecule has 1 N–H and O–H groups in total. The summed E-state index contributed by atoms with van der Waals surface area (Å²) in [6.45, 7) is 0. The molecule has 2 aromatic rings. The highest BCUT2D eigenvalue weighted by atomic mass is 35.5. The lowest BCUT2D eigenvalue weighted by molar-refractivity contribution is -0.137. The number of hydrogen-bond donors (Lipinski definition) is 1. The third-order valence-electron chi connectivity index (χ3n) is 3.26. The molecule has 130 valence electrons. The van der Waals surface area contributed by atoms with Crippen LogP contribution in [0.25, 0.3) is 6.08 Å². The summed E-state index contributed by atoms with van der Waals surface area (Å²) in [5.74, 6) is -0.905. The van der Waals surface area contributed by atoms with E-state index in [0.717, 1.165) is 12.1 Å². The molecule has 0 bridgehead atoms. The normalized spacial score (nSPS) is 11.4. The number of rotatable bonds is 3. The number of hydrogen-bond acceptors (Lipinski definition) is 3. The van der Waals surface area contributed by atoms with Crippen LogP contribution in [0.1, 0.15) is 16.7 Å². The van der Waals surface area contributed by atoms with Gasteiger partial charge in [0, 0.05) is 0 Å². The predicted octanol–water partition coefficient (Wildman–Crippen LogP) is 4.78. The zero-order valence-electron chi connectivity index (χ0n) is 12.9. The van der Waals surface area contributed by atoms with Gasteiger partial charge >= 0.3 is 6.18 Å². The summed E-state index contributed by atoms with van der Waals surface area (Å²) in [5.41, 5.74) is -0.686. The number of nitrogens with zero attached hydrogens (tertiary/aromatic N) is 2. The molecule has 0 aliphatic rings. The van der Waals surface area contributed by atoms with E-state index >= 15 is 0 Å². The van der Waals surface area contributed by atoms with E-state index in [1.807, 2.05) is 6.07 Å². The van der Waals surface area contributed by atoms with Crippen molar-refractivity contribution in [1.82, 2.24) is 0 Å². The standard InChI is InChI=1S/C18H9ClF3N3O/c19-15-6-5-14(18(20,21)22)8-16(15)25-17(26)13(10-24)7-11-1-3-12(9-23)4-2-11/h1-8H,(H,25,26)/b13-7+. The van der Waals surface area contributed by atoms with Crippen LogP contribution in [0.4, 0.5) is 18.9 Å². The fourth-order valence-electron chi connectivity index (χ4n) is 1.96. The molecule has 0 aromatic heterocycles. The van der Waals surface area contributed by atoms with Crippen LogP contribution in [0.2, 0.25) is 5.02 Å². The molecule has 0 saturated carbocycles. The molecule has 0 radical (unpaired) electrons. The van der Waals surface area contributed by atoms with Gasteiger partial charge in [0.05, 0.1) is 27.9 Å². The van der Waals surface area contributed by atoms with E-state index < -0.39 is 17.6 Å². The maximum atomic E-state index is 12.8. The Morgan fingerprint density at radius 2 is 1.77 bits per heavy atom. The Balaban J connectivity index is 2.28. The van der Waals surface area contributed by atoms with Crippen LogP contribution in [0.5, 0.6) is 0 Å². The number of alkyl halides is 3. The fraction of sp³-hybridized carbons (Fsp3) is 0.0556. The van der Waals surface area contributed by atoms with Gasteiger partial charge in [-0.25, -0.2) is 0 Å². The number of halogens is 4. The van der Waals surface area contributed by atoms with Crippen molar-refractivity contribution >= 4 is 29.3 Å². The minimum absolute atomic E-state index is 0.0954. The topological polar surface area (TPSA) is 76.7 Å². The first-order valence-electron chi connectivity index (χ1n) is 7.04. The molecule has 1 amide bonds. The van der Waals surface area contributed by atoms with E-state index in [1.54, 1.807) is 6.07 Å². The molecule has 0 fully saturated rings. The zero-order valence-corrected chi connectivity index (χ0v) is 13.7. The van der Waals surface area contributed by atoms with Gasteiger partial charge in [0.1, 0.15) is 11.6 Å². The van der Waals surface area contributed by atoms with Crippen molar-refractivity contribution in [3.8, 4) is 12.1 Å². The number of carbonyl (C=O) groups is 1. The number of amides is 1. The van der Waals surface area contributed by atoms with Crippen molar-refractivity contribution in [2.45, 2.75) is 6.18 Å². The van der Waals surface area contributed by atoms with Crippen molar-refractivity contribution in [3.05, 3.63) is 69.8 Å². The smallest absolute Gasteiger partial charge is 0.320 e. The van der Waals surface area contributed by atoms with Crippen molar-refractivity contribution in [2.75, 3.05) is 5.32 Å². The molecule has 0 atom stereocenters. The minimum atomic E-state index is -4.60. The van der Waals surface area contributed by atoms with Gasteiger partial charge in [0.15, 0.2) is 0 Å². The third kappa shape index (κ3) is 4.62. The van der Waals surface area contributed by atoms with Gasteiger partial charge in [0.2, 0.25) is 0 Å². The van der Waals surface area contributed by atoms with Gasteiger partial charge in [0.25, 0.3) is 5.91 Å². The molecular weight excluding hydrogens is 367 g/mol. The molecule has 26 heavy (non-hydrogen) atoms. The Labute approximate surface area is 151 Å². The van der Waals surface area contributed by atoms with Gasteiger partial charge in [-0.15, -0.1) is 0 Å². The second-order valence-electron chi connectivity index (χ2n) is 5.05. The fourth-order valence-corrected chi connectivity index (χ4v) is 2.12. The first-order valence-corrected chi connectivity index (χ1v) is 7.42. The number of anilines is 1. The lowest BCUT2D eigenvalue weighted by Crippen LogP contribution is -2.15. The van der Waals surface area contributed by atoms with Crippen LogP contribution in [0.15, 0.2) is 48.0 Å². The molecule has 0 aliphatic heterocycles. The van der Waals surface area contributed by atoms with Crippen LogP contribution in [0, 0.1) is 22.7 Å². The third-order valence-corrected chi connectivity index (χ3v) is 3.59. The van der Waals surface area contributed by atoms with Crippen LogP contribution in [-0.4, -0.2) is 5.91 Å². The average molecular weight is 376 g/mol. The second kappa shape index (κ2) is 7.73. The molecule has 0 aliphatic carbocycles. The number of benzene rings is 2. The van der Waals surface area contributed by atoms with Crippen molar-refractivity contribution in [2.24, 2.45) is 0 Å². The van der Waals surface area contributed by atoms with Gasteiger partial charge in [-0.05, 0) is 42.0 Å². The van der Waals surface area contributed by atoms with E-state index in [4.69, 9.17) is 22.1 Å². The predicted molar refractivity (Wildman–Crippen MR) is 89.8 cm³/mol. The maximum Gasteiger partial charge on any atom is 0.416 e. The molecule has 2 aromatic carbocycles. The van der Waals surface area contributed by atoms with Gasteiger partial charge < -0.3 is 5.32 Å². The van der Waals surface area contributed by atoms with E-state index in [-0.39, 0.29) is 16.3 Å². The SMILES string of the molecule is N#C/C(=C\c1ccc(C#N)cc1)C(=O)Nc1cc(C(F)(F)F)ccc1Cl. The monoisotopic (exact) mass is 375 g/mol. The Kier molecular flexibility index (Phi) is 5.66. The molecule has 2 rings (SSSR count). The first-order chi connectivity index (χ1) is 12.2. The highest BCUT2D eigenvalue weighted by Crippen LogP contribution is 2.34. The van der Waals surface area contributed by atoms with Crippen LogP contribution in [-0.2, 0) is 11.0 Å². The first kappa shape index (κ1) is 19.0. The second-order valence-corrected chi connectivity index (χ2v) is 5.46. The van der Waals surface area contributed by atoms with Crippen LogP contribution >= 0.6 is 11.6 Å². The summed E-state index contributed by atoms with van der Waals surface area (Å²) in [6.07, 6.45) is -3.35. The molecule has 0 saturated heterocycles. The van der Waals surface area contributed by atoms with Gasteiger partial charge in [-0.3, -0.25) is 4.79 Å². The average Bonchev–Trinajstić information content (AvgIpc) is 2.61. The lowest BCUT2D eigenvalue weighted by Gasteiger charge is -2.11. The molecule has 0 unspecified atom stereocenters. The minimum Gasteiger partial charge on any atom is -0.320 e. The summed E-state index contributed by atoms with van der Waals surface area (Å²) in [4.78, 5) is 12.2. The Morgan fingerprint density at radius 3 is 2.31 bits per heavy atom. The highest BCUT2D eigenvalue weighted by Gasteiger charge is 2.31. The van der Waals surface area contributed by atoms with E-state index in [0.29, 0.717) is 17.2 Å². The molecule has 0 spiro atoms. The largest absolute Gasteiger partial charge is 0.416 e. The molecular formula is C18H9ClF3N3O. The van der Waals surface area contributed by atoms with E-state index in [9.17, 15) is 18.0 Å².